The van der Waals surface area contributed by atoms with Gasteiger partial charge < -0.3 is 20.1 Å². The van der Waals surface area contributed by atoms with Crippen molar-refractivity contribution in [1.29, 1.82) is 0 Å². The van der Waals surface area contributed by atoms with E-state index in [9.17, 15) is 0 Å². The molecule has 2 aliphatic rings. The molecule has 1 aromatic carbocycles. The van der Waals surface area contributed by atoms with Gasteiger partial charge in [-0.25, -0.2) is 0 Å². The fourth-order valence-electron chi connectivity index (χ4n) is 2.98. The molecule has 0 amide bonds. The lowest BCUT2D eigenvalue weighted by molar-refractivity contribution is 0.0256. The van der Waals surface area contributed by atoms with Crippen LogP contribution in [0.1, 0.15) is 25.7 Å². The first-order chi connectivity index (χ1) is 9.81. The van der Waals surface area contributed by atoms with Crippen molar-refractivity contribution >= 4 is 5.69 Å². The summed E-state index contributed by atoms with van der Waals surface area (Å²) >= 11 is 0. The fourth-order valence-corrected chi connectivity index (χ4v) is 2.98. The van der Waals surface area contributed by atoms with E-state index in [0.717, 1.165) is 51.3 Å². The minimum Gasteiger partial charge on any atom is -0.490 e. The molecule has 0 aliphatic carbocycles. The summed E-state index contributed by atoms with van der Waals surface area (Å²) in [7, 11) is 0. The van der Waals surface area contributed by atoms with Gasteiger partial charge in [-0.05, 0) is 25.0 Å². The quantitative estimate of drug-likeness (QED) is 0.919. The van der Waals surface area contributed by atoms with Crippen LogP contribution < -0.4 is 15.4 Å². The van der Waals surface area contributed by atoms with Crippen LogP contribution in [0.15, 0.2) is 24.3 Å². The van der Waals surface area contributed by atoms with Gasteiger partial charge in [0, 0.05) is 43.7 Å². The number of benzene rings is 1. The first-order valence-electron chi connectivity index (χ1n) is 7.66. The minimum atomic E-state index is 0.294. The Hall–Kier alpha value is -1.26. The van der Waals surface area contributed by atoms with E-state index in [1.807, 2.05) is 6.07 Å². The van der Waals surface area contributed by atoms with Gasteiger partial charge in [0.15, 0.2) is 0 Å². The second-order valence-corrected chi connectivity index (χ2v) is 5.78. The lowest BCUT2D eigenvalue weighted by Gasteiger charge is -2.33. The van der Waals surface area contributed by atoms with Gasteiger partial charge in [-0.1, -0.05) is 6.07 Å². The van der Waals surface area contributed by atoms with Gasteiger partial charge in [-0.3, -0.25) is 0 Å². The monoisotopic (exact) mass is 276 g/mol. The molecule has 1 atom stereocenters. The van der Waals surface area contributed by atoms with E-state index in [-0.39, 0.29) is 0 Å². The lowest BCUT2D eigenvalue weighted by atomic mass is 10.1. The molecule has 2 saturated heterocycles. The van der Waals surface area contributed by atoms with Crippen LogP contribution in [-0.4, -0.2) is 38.4 Å². The molecule has 0 radical (unpaired) electrons. The Bertz CT molecular complexity index is 432. The maximum atomic E-state index is 6.08. The maximum Gasteiger partial charge on any atom is 0.121 e. The first kappa shape index (κ1) is 13.7. The smallest absolute Gasteiger partial charge is 0.121 e. The highest BCUT2D eigenvalue weighted by atomic mass is 16.5. The summed E-state index contributed by atoms with van der Waals surface area (Å²) in [6, 6.07) is 8.71. The Morgan fingerprint density at radius 3 is 2.85 bits per heavy atom. The highest BCUT2D eigenvalue weighted by Crippen LogP contribution is 2.26. The fraction of sp³-hybridized carbons (Fsp3) is 0.625. The van der Waals surface area contributed by atoms with Gasteiger partial charge in [0.05, 0.1) is 13.2 Å². The van der Waals surface area contributed by atoms with Crippen LogP contribution in [0.3, 0.4) is 0 Å². The lowest BCUT2D eigenvalue weighted by Crippen LogP contribution is -2.42. The van der Waals surface area contributed by atoms with Crippen LogP contribution in [0.2, 0.25) is 0 Å². The molecule has 3 rings (SSSR count). The minimum absolute atomic E-state index is 0.294. The van der Waals surface area contributed by atoms with E-state index < -0.39 is 0 Å². The largest absolute Gasteiger partial charge is 0.490 e. The van der Waals surface area contributed by atoms with E-state index in [1.54, 1.807) is 0 Å². The van der Waals surface area contributed by atoms with Crippen LogP contribution in [0.4, 0.5) is 5.69 Å². The summed E-state index contributed by atoms with van der Waals surface area (Å²) < 4.78 is 11.4. The summed E-state index contributed by atoms with van der Waals surface area (Å²) in [4.78, 5) is 2.37. The zero-order valence-corrected chi connectivity index (χ0v) is 12.0. The Kier molecular flexibility index (Phi) is 4.43. The van der Waals surface area contributed by atoms with Gasteiger partial charge in [0.1, 0.15) is 11.9 Å². The molecule has 0 bridgehead atoms. The number of nitrogens with zero attached hydrogens (tertiary/aromatic N) is 1. The molecule has 0 aromatic heterocycles. The van der Waals surface area contributed by atoms with Crippen molar-refractivity contribution < 1.29 is 9.47 Å². The second kappa shape index (κ2) is 6.46. The first-order valence-corrected chi connectivity index (χ1v) is 7.66. The Morgan fingerprint density at radius 1 is 1.20 bits per heavy atom. The van der Waals surface area contributed by atoms with E-state index in [1.165, 1.54) is 12.1 Å². The predicted octanol–water partition coefficient (Wildman–Crippen LogP) is 2.17. The molecule has 110 valence electrons. The molecule has 2 fully saturated rings. The molecule has 0 saturated carbocycles. The summed E-state index contributed by atoms with van der Waals surface area (Å²) in [6.45, 7) is 3.66. The van der Waals surface area contributed by atoms with Crippen molar-refractivity contribution in [3.8, 4) is 5.75 Å². The molecule has 4 heteroatoms. The van der Waals surface area contributed by atoms with Crippen LogP contribution in [0.5, 0.6) is 5.75 Å². The Labute approximate surface area is 120 Å². The number of hydrogen-bond acceptors (Lipinski definition) is 4. The van der Waals surface area contributed by atoms with E-state index in [2.05, 4.69) is 23.1 Å². The van der Waals surface area contributed by atoms with Crippen LogP contribution in [-0.2, 0) is 4.74 Å². The number of nitrogens with two attached hydrogens (primary N) is 1. The second-order valence-electron chi connectivity index (χ2n) is 5.78. The number of anilines is 1. The standard InChI is InChI=1S/C16H24N2O2/c17-13-3-2-8-18(12-13)14-4-1-5-16(11-14)20-15-6-9-19-10-7-15/h1,4-5,11,13,15H,2-3,6-10,12,17H2. The zero-order valence-electron chi connectivity index (χ0n) is 12.0. The highest BCUT2D eigenvalue weighted by molar-refractivity contribution is 5.51. The predicted molar refractivity (Wildman–Crippen MR) is 80.3 cm³/mol. The van der Waals surface area contributed by atoms with Gasteiger partial charge in [-0.2, -0.15) is 0 Å². The van der Waals surface area contributed by atoms with Crippen molar-refractivity contribution in [2.24, 2.45) is 5.73 Å². The zero-order chi connectivity index (χ0) is 13.8. The van der Waals surface area contributed by atoms with E-state index in [0.29, 0.717) is 12.1 Å². The third kappa shape index (κ3) is 3.44. The number of rotatable bonds is 3. The van der Waals surface area contributed by atoms with Gasteiger partial charge >= 0.3 is 0 Å². The topological polar surface area (TPSA) is 47.7 Å². The van der Waals surface area contributed by atoms with Crippen LogP contribution >= 0.6 is 0 Å². The van der Waals surface area contributed by atoms with Gasteiger partial charge in [0.25, 0.3) is 0 Å². The molecule has 1 aromatic rings. The summed E-state index contributed by atoms with van der Waals surface area (Å²) in [5, 5.41) is 0. The van der Waals surface area contributed by atoms with Crippen LogP contribution in [0, 0.1) is 0 Å². The molecular weight excluding hydrogens is 252 g/mol. The molecule has 2 N–H and O–H groups in total. The molecule has 20 heavy (non-hydrogen) atoms. The van der Waals surface area contributed by atoms with Gasteiger partial charge in [0.2, 0.25) is 0 Å². The third-order valence-corrected chi connectivity index (χ3v) is 4.11. The number of ether oxygens (including phenoxy) is 2. The highest BCUT2D eigenvalue weighted by Gasteiger charge is 2.18. The Balaban J connectivity index is 1.65. The average molecular weight is 276 g/mol. The normalized spacial score (nSPS) is 24.6. The van der Waals surface area contributed by atoms with Crippen molar-refractivity contribution in [3.05, 3.63) is 24.3 Å². The van der Waals surface area contributed by atoms with Crippen molar-refractivity contribution in [3.63, 3.8) is 0 Å². The van der Waals surface area contributed by atoms with Crippen LogP contribution in [0.25, 0.3) is 0 Å². The molecule has 0 spiro atoms. The summed E-state index contributed by atoms with van der Waals surface area (Å²) in [5.41, 5.74) is 7.29. The number of hydrogen-bond donors (Lipinski definition) is 1. The maximum absolute atomic E-state index is 6.08. The number of piperidine rings is 1. The molecule has 1 unspecified atom stereocenters. The Morgan fingerprint density at radius 2 is 2.05 bits per heavy atom. The van der Waals surface area contributed by atoms with Gasteiger partial charge in [-0.15, -0.1) is 0 Å². The molecule has 2 heterocycles. The van der Waals surface area contributed by atoms with E-state index in [4.69, 9.17) is 15.2 Å². The SMILES string of the molecule is NC1CCCN(c2cccc(OC3CCOCC3)c2)C1. The molecule has 4 nitrogen and oxygen atoms in total. The average Bonchev–Trinajstić information content (AvgIpc) is 2.49. The molecular formula is C16H24N2O2. The summed E-state index contributed by atoms with van der Waals surface area (Å²) in [6.07, 6.45) is 4.57. The van der Waals surface area contributed by atoms with Crippen molar-refractivity contribution in [2.45, 2.75) is 37.8 Å². The van der Waals surface area contributed by atoms with Crippen molar-refractivity contribution in [1.82, 2.24) is 0 Å². The van der Waals surface area contributed by atoms with Crippen molar-refractivity contribution in [2.75, 3.05) is 31.2 Å². The summed E-state index contributed by atoms with van der Waals surface area (Å²) in [5.74, 6) is 0.966. The van der Waals surface area contributed by atoms with E-state index >= 15 is 0 Å². The molecule has 2 aliphatic heterocycles. The third-order valence-electron chi connectivity index (χ3n) is 4.11.